The molecular weight excluding hydrogens is 472 g/mol. The standard InChI is InChI=1S/C21H20O6.C8H16N2/c1-26-20-11-14(5-9-18(20)24)3-7-16(22)13-17(23)8-4-15-6-10-19(25)21(12-15)27-2;1-3-4-5-10-7-6-9(2)8-10/h3-12,24-25H,13H2,1-2H3;6-7H,3-5,8H2,1-2H3/b7-3+,8-4+;. The number of ether oxygens (including phenoxy) is 2. The van der Waals surface area contributed by atoms with Crippen LogP contribution in [-0.4, -0.2) is 66.1 Å². The molecule has 0 aromatic heterocycles. The van der Waals surface area contributed by atoms with Crippen molar-refractivity contribution < 1.29 is 29.3 Å². The zero-order valence-electron chi connectivity index (χ0n) is 21.9. The number of benzene rings is 2. The predicted octanol–water partition coefficient (Wildman–Crippen LogP) is 4.83. The lowest BCUT2D eigenvalue weighted by Gasteiger charge is -2.17. The minimum atomic E-state index is -0.347. The Bertz CT molecular complexity index is 1070. The van der Waals surface area contributed by atoms with Crippen LogP contribution < -0.4 is 9.47 Å². The average molecular weight is 509 g/mol. The summed E-state index contributed by atoms with van der Waals surface area (Å²) in [6.07, 6.45) is 12.3. The molecule has 2 N–H and O–H groups in total. The second kappa shape index (κ2) is 15.0. The monoisotopic (exact) mass is 508 g/mol. The number of rotatable bonds is 11. The molecule has 1 heterocycles. The van der Waals surface area contributed by atoms with E-state index in [0.717, 1.165) is 6.67 Å². The van der Waals surface area contributed by atoms with Crippen molar-refractivity contribution in [2.24, 2.45) is 0 Å². The van der Waals surface area contributed by atoms with Crippen molar-refractivity contribution in [2.45, 2.75) is 26.2 Å². The largest absolute Gasteiger partial charge is 0.504 e. The highest BCUT2D eigenvalue weighted by Crippen LogP contribution is 2.27. The third kappa shape index (κ3) is 10.1. The number of phenolic OH excluding ortho intramolecular Hbond substituents is 2. The average Bonchev–Trinajstić information content (AvgIpc) is 3.31. The Hall–Kier alpha value is -4.20. The minimum Gasteiger partial charge on any atom is -0.504 e. The number of methoxy groups -OCH3 is 2. The van der Waals surface area contributed by atoms with Gasteiger partial charge in [0.15, 0.2) is 34.6 Å². The molecule has 0 atom stereocenters. The summed E-state index contributed by atoms with van der Waals surface area (Å²) in [4.78, 5) is 28.4. The van der Waals surface area contributed by atoms with E-state index < -0.39 is 0 Å². The number of ketones is 2. The summed E-state index contributed by atoms with van der Waals surface area (Å²) in [5, 5.41) is 19.1. The number of unbranched alkanes of at least 4 members (excludes halogenated alkanes) is 1. The van der Waals surface area contributed by atoms with Crippen LogP contribution in [0.5, 0.6) is 23.0 Å². The fourth-order valence-corrected chi connectivity index (χ4v) is 3.36. The van der Waals surface area contributed by atoms with E-state index in [9.17, 15) is 19.8 Å². The van der Waals surface area contributed by atoms with Gasteiger partial charge in [-0.15, -0.1) is 0 Å². The third-order valence-corrected chi connectivity index (χ3v) is 5.41. The molecule has 0 saturated carbocycles. The van der Waals surface area contributed by atoms with Crippen LogP contribution in [0.1, 0.15) is 37.3 Å². The van der Waals surface area contributed by atoms with Crippen molar-refractivity contribution in [1.29, 1.82) is 0 Å². The molecule has 0 aliphatic carbocycles. The summed E-state index contributed by atoms with van der Waals surface area (Å²) in [6.45, 7) is 4.50. The molecule has 2 aromatic carbocycles. The van der Waals surface area contributed by atoms with E-state index in [1.807, 2.05) is 0 Å². The normalized spacial score (nSPS) is 12.6. The van der Waals surface area contributed by atoms with Crippen molar-refractivity contribution in [1.82, 2.24) is 9.80 Å². The maximum atomic E-state index is 11.9. The molecule has 1 aliphatic rings. The number of allylic oxidation sites excluding steroid dienone is 2. The number of phenols is 2. The lowest BCUT2D eigenvalue weighted by Crippen LogP contribution is -2.23. The number of carbonyl (C=O) groups excluding carboxylic acids is 2. The van der Waals surface area contributed by atoms with Gasteiger partial charge in [-0.05, 0) is 54.0 Å². The first-order valence-electron chi connectivity index (χ1n) is 12.0. The zero-order valence-corrected chi connectivity index (χ0v) is 21.9. The van der Waals surface area contributed by atoms with Crippen molar-refractivity contribution in [2.75, 3.05) is 34.5 Å². The summed E-state index contributed by atoms with van der Waals surface area (Å²) in [5.41, 5.74) is 1.33. The van der Waals surface area contributed by atoms with Gasteiger partial charge < -0.3 is 29.5 Å². The van der Waals surface area contributed by atoms with Crippen LogP contribution in [0.4, 0.5) is 0 Å². The van der Waals surface area contributed by atoms with Gasteiger partial charge in [0, 0.05) is 26.0 Å². The van der Waals surface area contributed by atoms with E-state index >= 15 is 0 Å². The predicted molar refractivity (Wildman–Crippen MR) is 145 cm³/mol. The van der Waals surface area contributed by atoms with Crippen molar-refractivity contribution in [3.05, 3.63) is 72.1 Å². The highest BCUT2D eigenvalue weighted by molar-refractivity contribution is 6.10. The summed E-state index contributed by atoms with van der Waals surface area (Å²) >= 11 is 0. The molecule has 0 fully saturated rings. The van der Waals surface area contributed by atoms with Crippen LogP contribution in [0, 0.1) is 0 Å². The van der Waals surface area contributed by atoms with Crippen LogP contribution in [0.15, 0.2) is 61.0 Å². The topological polar surface area (TPSA) is 99.5 Å². The maximum absolute atomic E-state index is 11.9. The van der Waals surface area contributed by atoms with E-state index in [1.54, 1.807) is 36.4 Å². The molecule has 0 spiro atoms. The van der Waals surface area contributed by atoms with Gasteiger partial charge in [-0.3, -0.25) is 9.59 Å². The first-order valence-corrected chi connectivity index (χ1v) is 12.0. The van der Waals surface area contributed by atoms with E-state index in [0.29, 0.717) is 22.6 Å². The number of aromatic hydroxyl groups is 2. The van der Waals surface area contributed by atoms with Gasteiger partial charge in [0.1, 0.15) is 0 Å². The highest BCUT2D eigenvalue weighted by Gasteiger charge is 2.07. The molecule has 0 unspecified atom stereocenters. The van der Waals surface area contributed by atoms with Crippen LogP contribution in [0.25, 0.3) is 12.2 Å². The lowest BCUT2D eigenvalue weighted by atomic mass is 10.1. The number of hydrogen-bond donors (Lipinski definition) is 2. The van der Waals surface area contributed by atoms with Gasteiger partial charge >= 0.3 is 0 Å². The zero-order chi connectivity index (χ0) is 27.2. The van der Waals surface area contributed by atoms with E-state index in [4.69, 9.17) is 9.47 Å². The molecule has 0 saturated heterocycles. The molecule has 1 aliphatic heterocycles. The van der Waals surface area contributed by atoms with E-state index in [1.165, 1.54) is 57.9 Å². The Balaban J connectivity index is 0.000000402. The molecule has 2 aromatic rings. The molecule has 0 amide bonds. The van der Waals surface area contributed by atoms with Gasteiger partial charge in [-0.2, -0.15) is 0 Å². The Morgan fingerprint density at radius 2 is 1.41 bits per heavy atom. The number of carbonyl (C=O) groups is 2. The Labute approximate surface area is 218 Å². The number of nitrogens with zero attached hydrogens (tertiary/aromatic N) is 2. The Morgan fingerprint density at radius 3 is 1.81 bits per heavy atom. The highest BCUT2D eigenvalue weighted by atomic mass is 16.5. The summed E-state index contributed by atoms with van der Waals surface area (Å²) in [6, 6.07) is 9.34. The minimum absolute atomic E-state index is 0.00662. The van der Waals surface area contributed by atoms with Gasteiger partial charge in [0.05, 0.1) is 27.3 Å². The second-order valence-electron chi connectivity index (χ2n) is 8.50. The van der Waals surface area contributed by atoms with Crippen LogP contribution in [0.3, 0.4) is 0 Å². The first kappa shape index (κ1) is 29.0. The first-order chi connectivity index (χ1) is 17.7. The summed E-state index contributed by atoms with van der Waals surface area (Å²) < 4.78 is 10.00. The summed E-state index contributed by atoms with van der Waals surface area (Å²) in [5.74, 6) is -0.0832. The van der Waals surface area contributed by atoms with Crippen molar-refractivity contribution >= 4 is 23.7 Å². The second-order valence-corrected chi connectivity index (χ2v) is 8.50. The molecule has 3 rings (SSSR count). The van der Waals surface area contributed by atoms with Crippen LogP contribution in [-0.2, 0) is 9.59 Å². The Kier molecular flexibility index (Phi) is 11.8. The molecular formula is C29H36N2O6. The fraction of sp³-hybridized carbons (Fsp3) is 0.310. The van der Waals surface area contributed by atoms with Gasteiger partial charge in [0.2, 0.25) is 0 Å². The van der Waals surface area contributed by atoms with E-state index in [2.05, 4.69) is 36.2 Å². The van der Waals surface area contributed by atoms with Crippen molar-refractivity contribution in [3.8, 4) is 23.0 Å². The molecule has 0 bridgehead atoms. The number of hydrogen-bond acceptors (Lipinski definition) is 8. The van der Waals surface area contributed by atoms with Crippen LogP contribution >= 0.6 is 0 Å². The van der Waals surface area contributed by atoms with Crippen molar-refractivity contribution in [3.63, 3.8) is 0 Å². The van der Waals surface area contributed by atoms with Crippen LogP contribution in [0.2, 0.25) is 0 Å². The molecule has 8 heteroatoms. The summed E-state index contributed by atoms with van der Waals surface area (Å²) in [7, 11) is 4.97. The molecule has 0 radical (unpaired) electrons. The van der Waals surface area contributed by atoms with E-state index in [-0.39, 0.29) is 29.5 Å². The molecule has 37 heavy (non-hydrogen) atoms. The fourth-order valence-electron chi connectivity index (χ4n) is 3.36. The maximum Gasteiger partial charge on any atom is 0.163 e. The quantitative estimate of drug-likeness (QED) is 0.329. The smallest absolute Gasteiger partial charge is 0.163 e. The van der Waals surface area contributed by atoms with Gasteiger partial charge in [0.25, 0.3) is 0 Å². The Morgan fingerprint density at radius 1 is 0.892 bits per heavy atom. The molecule has 198 valence electrons. The SMILES string of the molecule is CCCCN1C=CN(C)C1.COc1cc(/C=C/C(=O)CC(=O)/C=C/c2ccc(O)c(OC)c2)ccc1O. The third-order valence-electron chi connectivity index (χ3n) is 5.41. The molecule has 8 nitrogen and oxygen atoms in total. The van der Waals surface area contributed by atoms with Gasteiger partial charge in [-0.25, -0.2) is 0 Å². The lowest BCUT2D eigenvalue weighted by molar-refractivity contribution is -0.121. The van der Waals surface area contributed by atoms with Gasteiger partial charge in [-0.1, -0.05) is 37.6 Å².